The lowest BCUT2D eigenvalue weighted by Crippen LogP contribution is -2.16. The van der Waals surface area contributed by atoms with Gasteiger partial charge < -0.3 is 9.32 Å². The fourth-order valence-corrected chi connectivity index (χ4v) is 1.75. The molecule has 0 bridgehead atoms. The number of carbonyl (C=O) groups excluding carboxylic acids is 1. The number of fused-ring (bicyclic) bond motifs is 1. The van der Waals surface area contributed by atoms with Gasteiger partial charge in [0.1, 0.15) is 5.58 Å². The molecule has 0 spiro atoms. The molecule has 0 aliphatic rings. The fourth-order valence-electron chi connectivity index (χ4n) is 1.75. The molecular weight excluding hydrogens is 214 g/mol. The van der Waals surface area contributed by atoms with E-state index in [-0.39, 0.29) is 5.78 Å². The average molecular weight is 231 g/mol. The number of aryl methyl sites for hydroxylation is 1. The predicted molar refractivity (Wildman–Crippen MR) is 68.5 cm³/mol. The second kappa shape index (κ2) is 4.72. The molecule has 0 amide bonds. The van der Waals surface area contributed by atoms with Gasteiger partial charge in [-0.25, -0.2) is 0 Å². The zero-order valence-corrected chi connectivity index (χ0v) is 10.5. The molecule has 0 fully saturated rings. The van der Waals surface area contributed by atoms with Crippen LogP contribution in [0.5, 0.6) is 0 Å². The summed E-state index contributed by atoms with van der Waals surface area (Å²) in [7, 11) is 3.91. The first kappa shape index (κ1) is 11.9. The van der Waals surface area contributed by atoms with Crippen LogP contribution in [0.2, 0.25) is 0 Å². The highest BCUT2D eigenvalue weighted by atomic mass is 16.3. The van der Waals surface area contributed by atoms with Crippen LogP contribution in [0.15, 0.2) is 28.7 Å². The molecule has 0 saturated carbocycles. The Hall–Kier alpha value is -1.61. The van der Waals surface area contributed by atoms with Crippen LogP contribution in [0, 0.1) is 6.92 Å². The monoisotopic (exact) mass is 231 g/mol. The van der Waals surface area contributed by atoms with E-state index in [9.17, 15) is 4.79 Å². The van der Waals surface area contributed by atoms with Crippen LogP contribution in [0.4, 0.5) is 0 Å². The van der Waals surface area contributed by atoms with E-state index in [4.69, 9.17) is 4.42 Å². The third kappa shape index (κ3) is 2.74. The highest BCUT2D eigenvalue weighted by Gasteiger charge is 2.12. The van der Waals surface area contributed by atoms with Gasteiger partial charge in [-0.3, -0.25) is 4.79 Å². The van der Waals surface area contributed by atoms with Crippen LogP contribution in [0.3, 0.4) is 0 Å². The predicted octanol–water partition coefficient (Wildman–Crippen LogP) is 2.88. The summed E-state index contributed by atoms with van der Waals surface area (Å²) in [6.45, 7) is 2.77. The molecule has 90 valence electrons. The molecule has 1 aromatic heterocycles. The van der Waals surface area contributed by atoms with Gasteiger partial charge in [-0.1, -0.05) is 11.6 Å². The van der Waals surface area contributed by atoms with Gasteiger partial charge in [0.2, 0.25) is 0 Å². The van der Waals surface area contributed by atoms with Crippen LogP contribution in [-0.4, -0.2) is 31.3 Å². The number of rotatable bonds is 4. The summed E-state index contributed by atoms with van der Waals surface area (Å²) in [6.07, 6.45) is 0.492. The van der Waals surface area contributed by atoms with E-state index in [2.05, 4.69) is 0 Å². The van der Waals surface area contributed by atoms with Gasteiger partial charge in [0.15, 0.2) is 11.5 Å². The van der Waals surface area contributed by atoms with E-state index in [0.717, 1.165) is 17.5 Å². The Kier molecular flexibility index (Phi) is 3.29. The first-order valence-electron chi connectivity index (χ1n) is 5.74. The largest absolute Gasteiger partial charge is 0.453 e. The van der Waals surface area contributed by atoms with Crippen molar-refractivity contribution in [2.24, 2.45) is 0 Å². The maximum Gasteiger partial charge on any atom is 0.199 e. The first-order valence-corrected chi connectivity index (χ1v) is 5.74. The second-order valence-electron chi connectivity index (χ2n) is 4.63. The highest BCUT2D eigenvalue weighted by Crippen LogP contribution is 2.21. The number of nitrogens with zero attached hydrogens (tertiary/aromatic N) is 1. The number of furan rings is 1. The molecule has 2 aromatic rings. The number of hydrogen-bond acceptors (Lipinski definition) is 3. The molecule has 1 aromatic carbocycles. The van der Waals surface area contributed by atoms with E-state index in [1.165, 1.54) is 5.56 Å². The SMILES string of the molecule is Cc1ccc2oc(C(=O)CCN(C)C)cc2c1. The van der Waals surface area contributed by atoms with Gasteiger partial charge in [0.25, 0.3) is 0 Å². The minimum Gasteiger partial charge on any atom is -0.453 e. The molecule has 0 atom stereocenters. The lowest BCUT2D eigenvalue weighted by Gasteiger charge is -2.06. The van der Waals surface area contributed by atoms with E-state index in [1.807, 2.05) is 50.2 Å². The third-order valence-corrected chi connectivity index (χ3v) is 2.73. The topological polar surface area (TPSA) is 33.5 Å². The Morgan fingerprint density at radius 1 is 1.29 bits per heavy atom. The lowest BCUT2D eigenvalue weighted by molar-refractivity contribution is 0.0947. The molecule has 0 unspecified atom stereocenters. The number of hydrogen-bond donors (Lipinski definition) is 0. The molecule has 0 aliphatic carbocycles. The van der Waals surface area contributed by atoms with Gasteiger partial charge in [-0.2, -0.15) is 0 Å². The van der Waals surface area contributed by atoms with Crippen molar-refractivity contribution in [1.82, 2.24) is 4.90 Å². The summed E-state index contributed by atoms with van der Waals surface area (Å²) in [5, 5.41) is 0.998. The highest BCUT2D eigenvalue weighted by molar-refractivity contribution is 5.97. The van der Waals surface area contributed by atoms with E-state index in [0.29, 0.717) is 12.2 Å². The van der Waals surface area contributed by atoms with Gasteiger partial charge in [-0.15, -0.1) is 0 Å². The van der Waals surface area contributed by atoms with Crippen molar-refractivity contribution in [3.05, 3.63) is 35.6 Å². The molecule has 2 rings (SSSR count). The summed E-state index contributed by atoms with van der Waals surface area (Å²) in [4.78, 5) is 13.9. The van der Waals surface area contributed by atoms with E-state index >= 15 is 0 Å². The average Bonchev–Trinajstić information content (AvgIpc) is 2.68. The van der Waals surface area contributed by atoms with Crippen LogP contribution in [0.1, 0.15) is 22.5 Å². The molecule has 0 radical (unpaired) electrons. The van der Waals surface area contributed by atoms with Crippen LogP contribution in [-0.2, 0) is 0 Å². The Labute approximate surface area is 101 Å². The molecule has 17 heavy (non-hydrogen) atoms. The number of benzene rings is 1. The third-order valence-electron chi connectivity index (χ3n) is 2.73. The zero-order valence-electron chi connectivity index (χ0n) is 10.5. The molecule has 3 heteroatoms. The minimum absolute atomic E-state index is 0.0625. The first-order chi connectivity index (χ1) is 8.06. The van der Waals surface area contributed by atoms with Crippen molar-refractivity contribution in [1.29, 1.82) is 0 Å². The number of ketones is 1. The quantitative estimate of drug-likeness (QED) is 0.759. The molecular formula is C14H17NO2. The Bertz CT molecular complexity index is 540. The Balaban J connectivity index is 2.21. The molecule has 0 aliphatic heterocycles. The molecule has 3 nitrogen and oxygen atoms in total. The van der Waals surface area contributed by atoms with E-state index in [1.54, 1.807) is 0 Å². The van der Waals surface area contributed by atoms with Crippen LogP contribution < -0.4 is 0 Å². The van der Waals surface area contributed by atoms with Gasteiger partial charge in [-0.05, 0) is 39.2 Å². The molecule has 1 heterocycles. The maximum absolute atomic E-state index is 11.9. The standard InChI is InChI=1S/C14H17NO2/c1-10-4-5-13-11(8-10)9-14(17-13)12(16)6-7-15(2)3/h4-5,8-9H,6-7H2,1-3H3. The number of carbonyl (C=O) groups is 1. The Morgan fingerprint density at radius 3 is 2.76 bits per heavy atom. The van der Waals surface area contributed by atoms with Crippen molar-refractivity contribution < 1.29 is 9.21 Å². The Morgan fingerprint density at radius 2 is 2.06 bits per heavy atom. The van der Waals surface area contributed by atoms with Gasteiger partial charge in [0.05, 0.1) is 0 Å². The van der Waals surface area contributed by atoms with Crippen molar-refractivity contribution in [2.45, 2.75) is 13.3 Å². The molecule has 0 N–H and O–H groups in total. The van der Waals surface area contributed by atoms with E-state index < -0.39 is 0 Å². The summed E-state index contributed by atoms with van der Waals surface area (Å²) >= 11 is 0. The molecule has 0 saturated heterocycles. The fraction of sp³-hybridized carbons (Fsp3) is 0.357. The number of Topliss-reactive ketones (excluding diaryl/α,β-unsaturated/α-hetero) is 1. The van der Waals surface area contributed by atoms with Gasteiger partial charge >= 0.3 is 0 Å². The van der Waals surface area contributed by atoms with Crippen molar-refractivity contribution in [3.8, 4) is 0 Å². The smallest absolute Gasteiger partial charge is 0.199 e. The van der Waals surface area contributed by atoms with Crippen molar-refractivity contribution in [3.63, 3.8) is 0 Å². The summed E-state index contributed by atoms with van der Waals surface area (Å²) < 4.78 is 5.55. The summed E-state index contributed by atoms with van der Waals surface area (Å²) in [5.74, 6) is 0.528. The van der Waals surface area contributed by atoms with Crippen LogP contribution in [0.25, 0.3) is 11.0 Å². The maximum atomic E-state index is 11.9. The summed E-state index contributed by atoms with van der Waals surface area (Å²) in [6, 6.07) is 7.76. The van der Waals surface area contributed by atoms with Crippen molar-refractivity contribution >= 4 is 16.8 Å². The van der Waals surface area contributed by atoms with Crippen LogP contribution >= 0.6 is 0 Å². The van der Waals surface area contributed by atoms with Gasteiger partial charge in [0, 0.05) is 18.4 Å². The zero-order chi connectivity index (χ0) is 12.4. The lowest BCUT2D eigenvalue weighted by atomic mass is 10.1. The van der Waals surface area contributed by atoms with Crippen molar-refractivity contribution in [2.75, 3.05) is 20.6 Å². The normalized spacial score (nSPS) is 11.3. The minimum atomic E-state index is 0.0625. The second-order valence-corrected chi connectivity index (χ2v) is 4.63. The summed E-state index contributed by atoms with van der Waals surface area (Å²) in [5.41, 5.74) is 1.95.